The van der Waals surface area contributed by atoms with Crippen molar-refractivity contribution in [2.45, 2.75) is 51.2 Å². The standard InChI is InChI=1S/C11H14N2O4.C9H11NO2.C6H13NO2.C2H5NO2/c12-6-10(14)17-8-3-1-7(2-4-8)5-9(13)11(15)16;10-8(9(11)12)6-7-4-2-1-3-5-7;1-4(2)3-5(7)6(8)9;3-1-2(4)5/h1-4,9H,5-6,12-13H2,(H,15,16);1-5,8H,6,10H2,(H,11,12);4-5H,3,7H2,1-2H3,(H,8,9);1,3H2,(H,4,5)/t9-;8-;5-;/m000./s1. The lowest BCUT2D eigenvalue weighted by Gasteiger charge is -2.07. The Morgan fingerprint density at radius 3 is 1.35 bits per heavy atom. The number of rotatable bonds is 12. The minimum atomic E-state index is -1.05. The highest BCUT2D eigenvalue weighted by Crippen LogP contribution is 2.13. The predicted molar refractivity (Wildman–Crippen MR) is 158 cm³/mol. The summed E-state index contributed by atoms with van der Waals surface area (Å²) in [4.78, 5) is 51.2. The molecule has 0 aliphatic rings. The summed E-state index contributed by atoms with van der Waals surface area (Å²) in [7, 11) is 0. The molecule has 43 heavy (non-hydrogen) atoms. The molecule has 0 bridgehead atoms. The predicted octanol–water partition coefficient (Wildman–Crippen LogP) is -0.380. The van der Waals surface area contributed by atoms with E-state index in [1.807, 2.05) is 44.2 Å². The van der Waals surface area contributed by atoms with Crippen LogP contribution in [-0.2, 0) is 36.8 Å². The van der Waals surface area contributed by atoms with Crippen molar-refractivity contribution in [1.82, 2.24) is 0 Å². The lowest BCUT2D eigenvalue weighted by atomic mass is 10.1. The molecule has 240 valence electrons. The molecule has 2 aromatic rings. The van der Waals surface area contributed by atoms with E-state index in [0.29, 0.717) is 24.5 Å². The molecule has 15 heteroatoms. The maximum atomic E-state index is 10.9. The fourth-order valence-electron chi connectivity index (χ4n) is 2.77. The first kappa shape index (κ1) is 40.7. The SMILES string of the molecule is CC(C)C[C@H](N)C(=O)O.NCC(=O)O.NCC(=O)Oc1ccc(C[C@H](N)C(=O)O)cc1.N[C@@H](Cc1ccccc1)C(=O)O. The molecule has 0 aliphatic heterocycles. The number of nitrogens with two attached hydrogens (primary N) is 5. The fraction of sp³-hybridized carbons (Fsp3) is 0.393. The number of carbonyl (C=O) groups is 5. The van der Waals surface area contributed by atoms with Crippen molar-refractivity contribution < 1.29 is 49.1 Å². The first-order valence-corrected chi connectivity index (χ1v) is 12.9. The summed E-state index contributed by atoms with van der Waals surface area (Å²) in [6.07, 6.45) is 1.16. The Morgan fingerprint density at radius 2 is 1.05 bits per heavy atom. The normalized spacial score (nSPS) is 11.9. The summed E-state index contributed by atoms with van der Waals surface area (Å²) in [5.41, 5.74) is 27.3. The van der Waals surface area contributed by atoms with E-state index in [0.717, 1.165) is 11.1 Å². The van der Waals surface area contributed by atoms with Gasteiger partial charge in [-0.25, -0.2) is 0 Å². The van der Waals surface area contributed by atoms with Gasteiger partial charge in [-0.2, -0.15) is 0 Å². The van der Waals surface area contributed by atoms with Gasteiger partial charge < -0.3 is 53.8 Å². The highest BCUT2D eigenvalue weighted by atomic mass is 16.5. The molecule has 0 fully saturated rings. The lowest BCUT2D eigenvalue weighted by molar-refractivity contribution is -0.139. The Hall–Kier alpha value is -4.41. The van der Waals surface area contributed by atoms with Crippen LogP contribution in [0.5, 0.6) is 5.75 Å². The molecule has 0 heterocycles. The number of hydrogen-bond acceptors (Lipinski definition) is 11. The Labute approximate surface area is 249 Å². The number of benzene rings is 2. The minimum Gasteiger partial charge on any atom is -0.480 e. The summed E-state index contributed by atoms with van der Waals surface area (Å²) in [5, 5.41) is 33.1. The van der Waals surface area contributed by atoms with E-state index in [4.69, 9.17) is 48.1 Å². The van der Waals surface area contributed by atoms with Gasteiger partial charge in [0.15, 0.2) is 0 Å². The van der Waals surface area contributed by atoms with Gasteiger partial charge in [-0.3, -0.25) is 24.0 Å². The highest BCUT2D eigenvalue weighted by molar-refractivity contribution is 5.75. The number of esters is 1. The van der Waals surface area contributed by atoms with Crippen LogP contribution in [0.25, 0.3) is 0 Å². The first-order valence-electron chi connectivity index (χ1n) is 12.9. The molecule has 0 aromatic heterocycles. The lowest BCUT2D eigenvalue weighted by Crippen LogP contribution is -2.32. The van der Waals surface area contributed by atoms with E-state index in [-0.39, 0.29) is 19.5 Å². The summed E-state index contributed by atoms with van der Waals surface area (Å²) >= 11 is 0. The molecule has 0 saturated carbocycles. The number of ether oxygens (including phenoxy) is 1. The third-order valence-corrected chi connectivity index (χ3v) is 4.93. The highest BCUT2D eigenvalue weighted by Gasteiger charge is 2.13. The van der Waals surface area contributed by atoms with Crippen LogP contribution in [0.1, 0.15) is 31.4 Å². The molecule has 0 saturated heterocycles. The van der Waals surface area contributed by atoms with Crippen molar-refractivity contribution in [2.75, 3.05) is 13.1 Å². The second-order valence-corrected chi connectivity index (χ2v) is 9.28. The van der Waals surface area contributed by atoms with Gasteiger partial charge in [-0.05, 0) is 48.4 Å². The summed E-state index contributed by atoms with van der Waals surface area (Å²) in [6, 6.07) is 13.4. The van der Waals surface area contributed by atoms with Crippen LogP contribution >= 0.6 is 0 Å². The van der Waals surface area contributed by atoms with E-state index < -0.39 is 48.0 Å². The molecular formula is C28H43N5O10. The number of carbonyl (C=O) groups excluding carboxylic acids is 1. The second-order valence-electron chi connectivity index (χ2n) is 9.28. The average Bonchev–Trinajstić information content (AvgIpc) is 2.95. The van der Waals surface area contributed by atoms with Crippen LogP contribution in [0.15, 0.2) is 54.6 Å². The molecule has 2 aromatic carbocycles. The van der Waals surface area contributed by atoms with Crippen molar-refractivity contribution >= 4 is 29.8 Å². The monoisotopic (exact) mass is 609 g/mol. The van der Waals surface area contributed by atoms with Crippen LogP contribution in [-0.4, -0.2) is 81.5 Å². The quantitative estimate of drug-likeness (QED) is 0.109. The summed E-state index contributed by atoms with van der Waals surface area (Å²) in [5.74, 6) is -3.69. The van der Waals surface area contributed by atoms with E-state index in [1.54, 1.807) is 24.3 Å². The van der Waals surface area contributed by atoms with Crippen molar-refractivity contribution in [3.8, 4) is 5.75 Å². The van der Waals surface area contributed by atoms with E-state index in [9.17, 15) is 24.0 Å². The van der Waals surface area contributed by atoms with E-state index in [1.165, 1.54) is 0 Å². The molecule has 0 spiro atoms. The maximum Gasteiger partial charge on any atom is 0.325 e. The molecule has 0 unspecified atom stereocenters. The Bertz CT molecular complexity index is 1110. The van der Waals surface area contributed by atoms with Crippen LogP contribution in [0.3, 0.4) is 0 Å². The van der Waals surface area contributed by atoms with Crippen LogP contribution in [0, 0.1) is 5.92 Å². The van der Waals surface area contributed by atoms with Gasteiger partial charge in [0.05, 0.1) is 13.1 Å². The summed E-state index contributed by atoms with van der Waals surface area (Å²) in [6.45, 7) is 3.43. The van der Waals surface area contributed by atoms with Gasteiger partial charge in [0.2, 0.25) is 0 Å². The molecule has 14 N–H and O–H groups in total. The van der Waals surface area contributed by atoms with Gasteiger partial charge in [-0.1, -0.05) is 56.3 Å². The largest absolute Gasteiger partial charge is 0.480 e. The van der Waals surface area contributed by atoms with Crippen LogP contribution in [0.4, 0.5) is 0 Å². The first-order chi connectivity index (χ1) is 20.0. The van der Waals surface area contributed by atoms with Crippen molar-refractivity contribution in [3.63, 3.8) is 0 Å². The molecule has 0 radical (unpaired) electrons. The zero-order valence-corrected chi connectivity index (χ0v) is 24.2. The zero-order chi connectivity index (χ0) is 33.5. The topological polar surface area (TPSA) is 306 Å². The maximum absolute atomic E-state index is 10.9. The third-order valence-electron chi connectivity index (χ3n) is 4.93. The summed E-state index contributed by atoms with van der Waals surface area (Å²) < 4.78 is 4.86. The number of carboxylic acids is 4. The van der Waals surface area contributed by atoms with Gasteiger partial charge in [0, 0.05) is 0 Å². The van der Waals surface area contributed by atoms with Crippen LogP contribution in [0.2, 0.25) is 0 Å². The number of carboxylic acid groups (broad SMARTS) is 4. The molecule has 0 amide bonds. The van der Waals surface area contributed by atoms with Crippen LogP contribution < -0.4 is 33.4 Å². The van der Waals surface area contributed by atoms with Crippen molar-refractivity contribution in [3.05, 3.63) is 65.7 Å². The smallest absolute Gasteiger partial charge is 0.325 e. The number of aliphatic carboxylic acids is 4. The zero-order valence-electron chi connectivity index (χ0n) is 24.2. The van der Waals surface area contributed by atoms with Crippen molar-refractivity contribution in [1.29, 1.82) is 0 Å². The Kier molecular flexibility index (Phi) is 22.0. The number of hydrogen-bond donors (Lipinski definition) is 9. The second kappa shape index (κ2) is 23.2. The minimum absolute atomic E-state index is 0.189. The van der Waals surface area contributed by atoms with Gasteiger partial charge in [-0.15, -0.1) is 0 Å². The fourth-order valence-corrected chi connectivity index (χ4v) is 2.77. The molecule has 3 atom stereocenters. The Balaban J connectivity index is 0. The molecule has 15 nitrogen and oxygen atoms in total. The molecular weight excluding hydrogens is 566 g/mol. The van der Waals surface area contributed by atoms with Gasteiger partial charge >= 0.3 is 29.8 Å². The van der Waals surface area contributed by atoms with E-state index in [2.05, 4.69) is 5.73 Å². The van der Waals surface area contributed by atoms with Crippen molar-refractivity contribution in [2.24, 2.45) is 34.6 Å². The molecule has 0 aliphatic carbocycles. The Morgan fingerprint density at radius 1 is 0.651 bits per heavy atom. The van der Waals surface area contributed by atoms with Gasteiger partial charge in [0.1, 0.15) is 23.9 Å². The van der Waals surface area contributed by atoms with E-state index >= 15 is 0 Å². The third kappa shape index (κ3) is 22.9. The van der Waals surface area contributed by atoms with Gasteiger partial charge in [0.25, 0.3) is 0 Å². The molecule has 2 rings (SSSR count). The average molecular weight is 610 g/mol.